The molecule has 256 valence electrons. The van der Waals surface area contributed by atoms with Crippen LogP contribution in [0.25, 0.3) is 16.6 Å². The van der Waals surface area contributed by atoms with E-state index >= 15 is 4.39 Å². The number of aromatic nitrogens is 1. The average molecular weight is 665 g/mol. The maximum atomic E-state index is 15.3. The number of cyclic esters (lactones) is 1. The van der Waals surface area contributed by atoms with Crippen molar-refractivity contribution >= 4 is 34.6 Å². The van der Waals surface area contributed by atoms with Crippen molar-refractivity contribution in [3.05, 3.63) is 57.1 Å². The van der Waals surface area contributed by atoms with Crippen LogP contribution in [0, 0.1) is 12.7 Å². The summed E-state index contributed by atoms with van der Waals surface area (Å²) in [4.78, 5) is 48.3. The van der Waals surface area contributed by atoms with Crippen LogP contribution in [0.4, 0.5) is 9.18 Å². The largest absolute Gasteiger partial charge is 0.459 e. The van der Waals surface area contributed by atoms with Gasteiger partial charge in [0.15, 0.2) is 5.60 Å². The SMILES string of the molecule is CCC1(O)C(=O)OCC2=C1/C=C1/c3nc4cc(F)c(C)c5c4c(c3CN1COC2)[C@H](NC(=O)[C@@H]1COCCN1C(=O)OC(C)(C)C)CC5. The fourth-order valence-corrected chi connectivity index (χ4v) is 7.46. The summed E-state index contributed by atoms with van der Waals surface area (Å²) in [5, 5.41) is 15.5. The number of fused-ring (bicyclic) bond motifs is 4. The fourth-order valence-electron chi connectivity index (χ4n) is 7.46. The second-order valence-electron chi connectivity index (χ2n) is 14.1. The number of nitrogens with one attached hydrogen (secondary N) is 1. The smallest absolute Gasteiger partial charge is 0.411 e. The lowest BCUT2D eigenvalue weighted by atomic mass is 9.81. The first-order valence-corrected chi connectivity index (χ1v) is 16.5. The summed E-state index contributed by atoms with van der Waals surface area (Å²) in [5.74, 6) is -1.46. The summed E-state index contributed by atoms with van der Waals surface area (Å²) < 4.78 is 37.9. The van der Waals surface area contributed by atoms with Gasteiger partial charge in [-0.2, -0.15) is 0 Å². The van der Waals surface area contributed by atoms with Crippen LogP contribution < -0.4 is 5.32 Å². The van der Waals surface area contributed by atoms with Crippen molar-refractivity contribution in [1.29, 1.82) is 0 Å². The predicted octanol–water partition coefficient (Wildman–Crippen LogP) is 3.56. The zero-order valence-electron chi connectivity index (χ0n) is 27.9. The number of aliphatic hydroxyl groups is 1. The minimum atomic E-state index is -1.85. The molecule has 4 aliphatic heterocycles. The predicted molar refractivity (Wildman–Crippen MR) is 171 cm³/mol. The lowest BCUT2D eigenvalue weighted by Crippen LogP contribution is -2.57. The van der Waals surface area contributed by atoms with Crippen LogP contribution >= 0.6 is 0 Å². The third kappa shape index (κ3) is 5.32. The van der Waals surface area contributed by atoms with Gasteiger partial charge in [-0.1, -0.05) is 6.92 Å². The molecule has 5 aliphatic rings. The third-order valence-corrected chi connectivity index (χ3v) is 9.94. The van der Waals surface area contributed by atoms with E-state index < -0.39 is 35.3 Å². The highest BCUT2D eigenvalue weighted by Gasteiger charge is 2.46. The number of pyridine rings is 1. The van der Waals surface area contributed by atoms with E-state index in [4.69, 9.17) is 23.9 Å². The molecule has 13 heteroatoms. The molecule has 48 heavy (non-hydrogen) atoms. The van der Waals surface area contributed by atoms with E-state index in [1.807, 2.05) is 4.90 Å². The maximum Gasteiger partial charge on any atom is 0.411 e. The number of rotatable bonds is 3. The Morgan fingerprint density at radius 3 is 2.77 bits per heavy atom. The van der Waals surface area contributed by atoms with E-state index in [1.165, 1.54) is 11.0 Å². The minimum Gasteiger partial charge on any atom is -0.459 e. The van der Waals surface area contributed by atoms with E-state index in [2.05, 4.69) is 5.32 Å². The number of nitrogens with zero attached hydrogens (tertiary/aromatic N) is 3. The molecule has 1 aromatic heterocycles. The molecule has 2 aromatic rings. The van der Waals surface area contributed by atoms with Crippen molar-refractivity contribution in [3.8, 4) is 0 Å². The van der Waals surface area contributed by atoms with Gasteiger partial charge in [0, 0.05) is 35.7 Å². The first kappa shape index (κ1) is 32.5. The number of hydrogen-bond donors (Lipinski definition) is 2. The van der Waals surface area contributed by atoms with Crippen molar-refractivity contribution < 1.29 is 42.8 Å². The summed E-state index contributed by atoms with van der Waals surface area (Å²) >= 11 is 0. The number of halogens is 1. The van der Waals surface area contributed by atoms with Crippen molar-refractivity contribution in [2.24, 2.45) is 0 Å². The van der Waals surface area contributed by atoms with E-state index in [0.717, 1.165) is 22.1 Å². The molecule has 3 atom stereocenters. The number of morpholine rings is 1. The molecule has 0 bridgehead atoms. The van der Waals surface area contributed by atoms with Crippen LogP contribution in [0.5, 0.6) is 0 Å². The molecule has 2 amide bonds. The van der Waals surface area contributed by atoms with Gasteiger partial charge in [-0.15, -0.1) is 0 Å². The van der Waals surface area contributed by atoms with Gasteiger partial charge < -0.3 is 34.3 Å². The first-order valence-electron chi connectivity index (χ1n) is 16.5. The van der Waals surface area contributed by atoms with Gasteiger partial charge in [-0.25, -0.2) is 19.0 Å². The van der Waals surface area contributed by atoms with Crippen molar-refractivity contribution in [1.82, 2.24) is 20.1 Å². The van der Waals surface area contributed by atoms with Crippen LogP contribution in [-0.4, -0.2) is 94.8 Å². The molecule has 2 N–H and O–H groups in total. The standard InChI is InChI=1S/C35H41FN4O8/c1-6-35(44)22-11-26-30-21(13-39(26)17-46-14-19(22)15-47-32(35)42)29-24(8-7-20-18(2)23(36)12-25(37-30)28(20)29)38-31(41)27-16-45-10-9-40(27)33(43)48-34(3,4)5/h11-12,24,27,44H,6-10,13-17H2,1-5H3,(H,38,41)/b26-11-/t24-,27+,35?/m1/s1. The van der Waals surface area contributed by atoms with Gasteiger partial charge in [-0.3, -0.25) is 9.69 Å². The Bertz CT molecular complexity index is 1800. The number of carbonyl (C=O) groups is 3. The van der Waals surface area contributed by atoms with Crippen LogP contribution in [-0.2, 0) is 41.5 Å². The second-order valence-corrected chi connectivity index (χ2v) is 14.1. The summed E-state index contributed by atoms with van der Waals surface area (Å²) in [5.41, 5.74) is 3.23. The minimum absolute atomic E-state index is 0.0106. The number of benzene rings is 1. The van der Waals surface area contributed by atoms with E-state index in [-0.39, 0.29) is 51.2 Å². The molecule has 1 fully saturated rings. The Labute approximate surface area is 277 Å². The molecular formula is C35H41FN4O8. The van der Waals surface area contributed by atoms with Crippen LogP contribution in [0.15, 0.2) is 23.3 Å². The van der Waals surface area contributed by atoms with E-state index in [1.54, 1.807) is 40.7 Å². The van der Waals surface area contributed by atoms with Crippen molar-refractivity contribution in [2.75, 3.05) is 39.7 Å². The molecule has 0 radical (unpaired) electrons. The molecule has 7 rings (SSSR count). The number of amides is 2. The first-order chi connectivity index (χ1) is 22.8. The van der Waals surface area contributed by atoms with Crippen LogP contribution in [0.3, 0.4) is 0 Å². The molecular weight excluding hydrogens is 623 g/mol. The van der Waals surface area contributed by atoms with Gasteiger partial charge in [0.25, 0.3) is 0 Å². The molecule has 5 heterocycles. The molecule has 0 saturated carbocycles. The van der Waals surface area contributed by atoms with Gasteiger partial charge in [0.05, 0.1) is 42.8 Å². The molecule has 1 aromatic carbocycles. The van der Waals surface area contributed by atoms with Gasteiger partial charge in [0.2, 0.25) is 5.91 Å². The normalized spacial score (nSPS) is 26.5. The van der Waals surface area contributed by atoms with Gasteiger partial charge in [0.1, 0.15) is 30.8 Å². The summed E-state index contributed by atoms with van der Waals surface area (Å²) in [7, 11) is 0. The lowest BCUT2D eigenvalue weighted by molar-refractivity contribution is -0.163. The molecule has 1 aliphatic carbocycles. The molecule has 1 unspecified atom stereocenters. The van der Waals surface area contributed by atoms with Crippen LogP contribution in [0.1, 0.15) is 74.5 Å². The quantitative estimate of drug-likeness (QED) is 0.469. The Morgan fingerprint density at radius 1 is 1.23 bits per heavy atom. The zero-order valence-corrected chi connectivity index (χ0v) is 27.9. The highest BCUT2D eigenvalue weighted by atomic mass is 19.1. The summed E-state index contributed by atoms with van der Waals surface area (Å²) in [6, 6.07) is 0.0541. The number of aryl methyl sites for hydroxylation is 1. The topological polar surface area (TPSA) is 140 Å². The Hall–Kier alpha value is -4.07. The fraction of sp³-hybridized carbons (Fsp3) is 0.543. The molecule has 0 spiro atoms. The Balaban J connectivity index is 1.33. The van der Waals surface area contributed by atoms with E-state index in [0.29, 0.717) is 59.6 Å². The molecule has 1 saturated heterocycles. The highest BCUT2D eigenvalue weighted by molar-refractivity contribution is 5.94. The van der Waals surface area contributed by atoms with Gasteiger partial charge >= 0.3 is 12.1 Å². The number of hydrogen-bond acceptors (Lipinski definition) is 10. The zero-order chi connectivity index (χ0) is 34.1. The highest BCUT2D eigenvalue weighted by Crippen LogP contribution is 2.46. The lowest BCUT2D eigenvalue weighted by Gasteiger charge is -2.37. The maximum absolute atomic E-state index is 15.3. The third-order valence-electron chi connectivity index (χ3n) is 9.94. The summed E-state index contributed by atoms with van der Waals surface area (Å²) in [6.45, 7) is 10.1. The number of esters is 1. The number of carbonyl (C=O) groups excluding carboxylic acids is 3. The van der Waals surface area contributed by atoms with E-state index in [9.17, 15) is 19.5 Å². The monoisotopic (exact) mass is 664 g/mol. The summed E-state index contributed by atoms with van der Waals surface area (Å²) in [6.07, 6.45) is 2.33. The Kier molecular flexibility index (Phi) is 7.99. The van der Waals surface area contributed by atoms with Crippen molar-refractivity contribution in [3.63, 3.8) is 0 Å². The Morgan fingerprint density at radius 2 is 2.02 bits per heavy atom. The molecule has 12 nitrogen and oxygen atoms in total. The van der Waals surface area contributed by atoms with Crippen molar-refractivity contribution in [2.45, 2.75) is 83.7 Å². The average Bonchev–Trinajstić information content (AvgIpc) is 3.36. The second kappa shape index (κ2) is 11.8. The van der Waals surface area contributed by atoms with Gasteiger partial charge in [-0.05, 0) is 75.3 Å². The van der Waals surface area contributed by atoms with Crippen LogP contribution in [0.2, 0.25) is 0 Å². The number of ether oxygens (including phenoxy) is 4.